The Kier molecular flexibility index (Phi) is 10.1. The fraction of sp³-hybridized carbons (Fsp3) is 0.917. The highest BCUT2D eigenvalue weighted by Crippen LogP contribution is 2.37. The first-order chi connectivity index (χ1) is 14.2. The number of nitrogens with zero attached hydrogens (tertiary/aromatic N) is 1. The zero-order valence-corrected chi connectivity index (χ0v) is 20.0. The van der Waals surface area contributed by atoms with Gasteiger partial charge < -0.3 is 20.3 Å². The van der Waals surface area contributed by atoms with Gasteiger partial charge in [0, 0.05) is 12.6 Å². The molecule has 0 unspecified atom stereocenters. The van der Waals surface area contributed by atoms with E-state index in [2.05, 4.69) is 43.2 Å². The van der Waals surface area contributed by atoms with Gasteiger partial charge in [-0.25, -0.2) is 0 Å². The third kappa shape index (κ3) is 7.84. The lowest BCUT2D eigenvalue weighted by molar-refractivity contribution is -0.138. The van der Waals surface area contributed by atoms with Crippen LogP contribution in [0.3, 0.4) is 0 Å². The number of amides is 2. The Morgan fingerprint density at radius 1 is 1.03 bits per heavy atom. The predicted molar refractivity (Wildman–Crippen MR) is 121 cm³/mol. The van der Waals surface area contributed by atoms with Crippen LogP contribution in [0, 0.1) is 17.3 Å². The molecule has 1 spiro atoms. The van der Waals surface area contributed by atoms with Gasteiger partial charge in [0.2, 0.25) is 11.8 Å². The van der Waals surface area contributed by atoms with Gasteiger partial charge in [0.15, 0.2) is 0 Å². The normalized spacial score (nSPS) is 27.3. The monoisotopic (exact) mass is 423 g/mol. The van der Waals surface area contributed by atoms with Gasteiger partial charge >= 0.3 is 0 Å². The molecule has 2 fully saturated rings. The second-order valence-electron chi connectivity index (χ2n) is 10.4. The number of carbonyl (C=O) groups is 2. The van der Waals surface area contributed by atoms with Crippen LogP contribution in [-0.2, 0) is 14.3 Å². The SMILES string of the molecule is CC(C)CCN1CCC2(CCCCOC[C@@H](C)NC(=O)[C@H](CC(C)C)NC2=O)CC1. The molecule has 0 saturated carbocycles. The van der Waals surface area contributed by atoms with Crippen molar-refractivity contribution >= 4 is 11.8 Å². The van der Waals surface area contributed by atoms with E-state index in [9.17, 15) is 9.59 Å². The van der Waals surface area contributed by atoms with Crippen molar-refractivity contribution < 1.29 is 14.3 Å². The minimum absolute atomic E-state index is 0.0528. The van der Waals surface area contributed by atoms with Crippen molar-refractivity contribution in [2.45, 2.75) is 91.6 Å². The molecule has 2 atom stereocenters. The zero-order chi connectivity index (χ0) is 22.1. The van der Waals surface area contributed by atoms with Gasteiger partial charge in [-0.1, -0.05) is 34.1 Å². The molecule has 2 saturated heterocycles. The molecular weight excluding hydrogens is 378 g/mol. The van der Waals surface area contributed by atoms with Crippen LogP contribution >= 0.6 is 0 Å². The van der Waals surface area contributed by atoms with E-state index in [4.69, 9.17) is 4.74 Å². The lowest BCUT2D eigenvalue weighted by Gasteiger charge is -2.41. The highest BCUT2D eigenvalue weighted by atomic mass is 16.5. The Morgan fingerprint density at radius 3 is 2.37 bits per heavy atom. The molecule has 2 amide bonds. The molecule has 0 aromatic rings. The second-order valence-corrected chi connectivity index (χ2v) is 10.4. The van der Waals surface area contributed by atoms with Crippen LogP contribution < -0.4 is 10.6 Å². The number of hydrogen-bond acceptors (Lipinski definition) is 4. The molecule has 0 aliphatic carbocycles. The summed E-state index contributed by atoms with van der Waals surface area (Å²) in [7, 11) is 0. The molecule has 6 heteroatoms. The molecule has 6 nitrogen and oxygen atoms in total. The molecule has 30 heavy (non-hydrogen) atoms. The summed E-state index contributed by atoms with van der Waals surface area (Å²) in [5, 5.41) is 6.21. The molecule has 174 valence electrons. The Morgan fingerprint density at radius 2 is 1.73 bits per heavy atom. The van der Waals surface area contributed by atoms with Crippen molar-refractivity contribution in [1.82, 2.24) is 15.5 Å². The Bertz CT molecular complexity index is 542. The first kappa shape index (κ1) is 25.1. The summed E-state index contributed by atoms with van der Waals surface area (Å²) in [6, 6.07) is -0.528. The van der Waals surface area contributed by atoms with Gasteiger partial charge in [0.05, 0.1) is 12.0 Å². The van der Waals surface area contributed by atoms with Crippen molar-refractivity contribution in [2.75, 3.05) is 32.8 Å². The van der Waals surface area contributed by atoms with Gasteiger partial charge in [-0.2, -0.15) is 0 Å². The number of piperidine rings is 1. The largest absolute Gasteiger partial charge is 0.379 e. The molecule has 2 N–H and O–H groups in total. The van der Waals surface area contributed by atoms with Crippen molar-refractivity contribution in [3.05, 3.63) is 0 Å². The van der Waals surface area contributed by atoms with Gasteiger partial charge in [-0.15, -0.1) is 0 Å². The van der Waals surface area contributed by atoms with E-state index in [1.807, 2.05) is 6.92 Å². The summed E-state index contributed by atoms with van der Waals surface area (Å²) in [6.07, 6.45) is 6.44. The molecule has 0 radical (unpaired) electrons. The van der Waals surface area contributed by atoms with Gasteiger partial charge in [0.25, 0.3) is 0 Å². The smallest absolute Gasteiger partial charge is 0.242 e. The lowest BCUT2D eigenvalue weighted by Crippen LogP contribution is -2.56. The van der Waals surface area contributed by atoms with Crippen molar-refractivity contribution in [3.63, 3.8) is 0 Å². The Balaban J connectivity index is 2.12. The molecule has 2 aliphatic heterocycles. The summed E-state index contributed by atoms with van der Waals surface area (Å²) in [5.41, 5.74) is -0.358. The van der Waals surface area contributed by atoms with E-state index in [1.54, 1.807) is 0 Å². The summed E-state index contributed by atoms with van der Waals surface area (Å²) in [5.74, 6) is 1.03. The Labute approximate surface area is 183 Å². The molecular formula is C24H45N3O3. The highest BCUT2D eigenvalue weighted by Gasteiger charge is 2.42. The number of rotatable bonds is 5. The topological polar surface area (TPSA) is 70.7 Å². The molecule has 2 heterocycles. The first-order valence-electron chi connectivity index (χ1n) is 12.1. The second kappa shape index (κ2) is 12.0. The lowest BCUT2D eigenvalue weighted by atomic mass is 9.73. The van der Waals surface area contributed by atoms with Crippen molar-refractivity contribution in [1.29, 1.82) is 0 Å². The fourth-order valence-corrected chi connectivity index (χ4v) is 4.56. The van der Waals surface area contributed by atoms with Crippen LogP contribution in [0.5, 0.6) is 0 Å². The number of carbonyl (C=O) groups excluding carboxylic acids is 2. The average molecular weight is 424 g/mol. The maximum atomic E-state index is 13.5. The van der Waals surface area contributed by atoms with Gasteiger partial charge in [-0.05, 0) is 76.9 Å². The van der Waals surface area contributed by atoms with E-state index in [-0.39, 0.29) is 23.3 Å². The average Bonchev–Trinajstić information content (AvgIpc) is 2.68. The van der Waals surface area contributed by atoms with E-state index in [0.29, 0.717) is 31.5 Å². The third-order valence-corrected chi connectivity index (χ3v) is 6.60. The minimum Gasteiger partial charge on any atom is -0.379 e. The summed E-state index contributed by atoms with van der Waals surface area (Å²) in [4.78, 5) is 28.9. The number of ether oxygens (including phenoxy) is 1. The van der Waals surface area contributed by atoms with Crippen LogP contribution in [0.15, 0.2) is 0 Å². The standard InChI is InChI=1S/C24H45N3O3/c1-18(2)8-12-27-13-10-24(11-14-27)9-6-7-15-30-17-20(5)25-22(28)21(16-19(3)4)26-23(24)29/h18-21H,6-17H2,1-5H3,(H,25,28)(H,26,29)/t20-,21+/m1/s1. The van der Waals surface area contributed by atoms with E-state index >= 15 is 0 Å². The van der Waals surface area contributed by atoms with Crippen LogP contribution in [0.25, 0.3) is 0 Å². The van der Waals surface area contributed by atoms with Gasteiger partial charge in [-0.3, -0.25) is 9.59 Å². The highest BCUT2D eigenvalue weighted by molar-refractivity contribution is 5.90. The molecule has 0 aromatic carbocycles. The minimum atomic E-state index is -0.475. The van der Waals surface area contributed by atoms with E-state index in [0.717, 1.165) is 51.7 Å². The zero-order valence-electron chi connectivity index (χ0n) is 20.0. The summed E-state index contributed by atoms with van der Waals surface area (Å²) < 4.78 is 5.77. The quantitative estimate of drug-likeness (QED) is 0.711. The van der Waals surface area contributed by atoms with Crippen LogP contribution in [-0.4, -0.2) is 61.6 Å². The van der Waals surface area contributed by atoms with Gasteiger partial charge in [0.1, 0.15) is 6.04 Å². The maximum absolute atomic E-state index is 13.5. The van der Waals surface area contributed by atoms with Crippen molar-refractivity contribution in [3.8, 4) is 0 Å². The number of likely N-dealkylation sites (tertiary alicyclic amines) is 1. The number of nitrogens with one attached hydrogen (secondary N) is 2. The fourth-order valence-electron chi connectivity index (χ4n) is 4.56. The summed E-state index contributed by atoms with van der Waals surface area (Å²) in [6.45, 7) is 14.9. The molecule has 2 rings (SSSR count). The van der Waals surface area contributed by atoms with Crippen LogP contribution in [0.1, 0.15) is 79.6 Å². The Hall–Kier alpha value is -1.14. The van der Waals surface area contributed by atoms with E-state index < -0.39 is 6.04 Å². The van der Waals surface area contributed by atoms with Crippen molar-refractivity contribution in [2.24, 2.45) is 17.3 Å². The number of hydrogen-bond donors (Lipinski definition) is 2. The molecule has 0 bridgehead atoms. The third-order valence-electron chi connectivity index (χ3n) is 6.60. The van der Waals surface area contributed by atoms with Crippen LogP contribution in [0.2, 0.25) is 0 Å². The summed E-state index contributed by atoms with van der Waals surface area (Å²) >= 11 is 0. The van der Waals surface area contributed by atoms with E-state index in [1.165, 1.54) is 6.42 Å². The first-order valence-corrected chi connectivity index (χ1v) is 12.1. The molecule has 2 aliphatic rings. The van der Waals surface area contributed by atoms with Crippen LogP contribution in [0.4, 0.5) is 0 Å². The maximum Gasteiger partial charge on any atom is 0.242 e. The molecule has 0 aromatic heterocycles. The predicted octanol–water partition coefficient (Wildman–Crippen LogP) is 3.35.